The summed E-state index contributed by atoms with van der Waals surface area (Å²) in [5.41, 5.74) is -0.196. The first kappa shape index (κ1) is 15.7. The molecule has 2 rings (SSSR count). The molecule has 0 atom stereocenters. The Bertz CT molecular complexity index is 553. The van der Waals surface area contributed by atoms with Gasteiger partial charge >= 0.3 is 5.97 Å². The predicted molar refractivity (Wildman–Crippen MR) is 81.6 cm³/mol. The first-order valence-corrected chi connectivity index (χ1v) is 7.93. The SMILES string of the molecule is COC(=O)C1(NC(=O)c2cccc(C)c2O)CCSCC1. The Morgan fingerprint density at radius 2 is 2.00 bits per heavy atom. The maximum absolute atomic E-state index is 12.4. The van der Waals surface area contributed by atoms with Gasteiger partial charge in [-0.05, 0) is 42.9 Å². The third-order valence-corrected chi connectivity index (χ3v) is 4.74. The molecule has 1 aromatic carbocycles. The highest BCUT2D eigenvalue weighted by Crippen LogP contribution is 2.30. The molecule has 2 N–H and O–H groups in total. The van der Waals surface area contributed by atoms with Crippen molar-refractivity contribution in [3.63, 3.8) is 0 Å². The number of aryl methyl sites for hydroxylation is 1. The molecule has 114 valence electrons. The molecule has 1 aromatic rings. The predicted octanol–water partition coefficient (Wildman–Crippen LogP) is 1.87. The number of thioether (sulfide) groups is 1. The number of carbonyl (C=O) groups excluding carboxylic acids is 2. The van der Waals surface area contributed by atoms with E-state index in [1.165, 1.54) is 7.11 Å². The number of amides is 1. The van der Waals surface area contributed by atoms with Crippen molar-refractivity contribution in [3.05, 3.63) is 29.3 Å². The number of para-hydroxylation sites is 1. The second-order valence-corrected chi connectivity index (χ2v) is 6.34. The molecule has 0 bridgehead atoms. The van der Waals surface area contributed by atoms with Crippen LogP contribution < -0.4 is 5.32 Å². The van der Waals surface area contributed by atoms with Crippen molar-refractivity contribution in [2.75, 3.05) is 18.6 Å². The maximum Gasteiger partial charge on any atom is 0.331 e. The lowest BCUT2D eigenvalue weighted by atomic mass is 9.91. The summed E-state index contributed by atoms with van der Waals surface area (Å²) in [4.78, 5) is 24.5. The molecule has 21 heavy (non-hydrogen) atoms. The van der Waals surface area contributed by atoms with Crippen LogP contribution in [0, 0.1) is 6.92 Å². The van der Waals surface area contributed by atoms with E-state index in [2.05, 4.69) is 5.32 Å². The lowest BCUT2D eigenvalue weighted by Gasteiger charge is -2.35. The van der Waals surface area contributed by atoms with E-state index in [0.29, 0.717) is 18.4 Å². The standard InChI is InChI=1S/C15H19NO4S/c1-10-4-3-5-11(12(10)17)13(18)16-15(14(19)20-2)6-8-21-9-7-15/h3-5,17H,6-9H2,1-2H3,(H,16,18). The molecule has 0 unspecified atom stereocenters. The molecule has 0 spiro atoms. The first-order chi connectivity index (χ1) is 10.00. The normalized spacial score (nSPS) is 17.0. The van der Waals surface area contributed by atoms with Gasteiger partial charge in [0.05, 0.1) is 12.7 Å². The Labute approximate surface area is 128 Å². The average molecular weight is 309 g/mol. The van der Waals surface area contributed by atoms with Crippen molar-refractivity contribution in [2.24, 2.45) is 0 Å². The summed E-state index contributed by atoms with van der Waals surface area (Å²) in [5.74, 6) is 0.640. The lowest BCUT2D eigenvalue weighted by molar-refractivity contribution is -0.148. The number of benzene rings is 1. The lowest BCUT2D eigenvalue weighted by Crippen LogP contribution is -2.57. The van der Waals surface area contributed by atoms with Gasteiger partial charge in [-0.2, -0.15) is 11.8 Å². The second kappa shape index (κ2) is 6.39. The molecule has 0 aliphatic carbocycles. The molecule has 5 nitrogen and oxygen atoms in total. The van der Waals surface area contributed by atoms with Gasteiger partial charge in [0.2, 0.25) is 0 Å². The number of hydrogen-bond acceptors (Lipinski definition) is 5. The van der Waals surface area contributed by atoms with Gasteiger partial charge in [-0.3, -0.25) is 4.79 Å². The fraction of sp³-hybridized carbons (Fsp3) is 0.467. The van der Waals surface area contributed by atoms with Crippen LogP contribution in [0.5, 0.6) is 5.75 Å². The Morgan fingerprint density at radius 3 is 2.62 bits per heavy atom. The minimum atomic E-state index is -0.993. The van der Waals surface area contributed by atoms with Crippen LogP contribution in [0.4, 0.5) is 0 Å². The highest BCUT2D eigenvalue weighted by molar-refractivity contribution is 7.99. The van der Waals surface area contributed by atoms with Gasteiger partial charge < -0.3 is 15.2 Å². The number of esters is 1. The van der Waals surface area contributed by atoms with E-state index < -0.39 is 17.4 Å². The third-order valence-electron chi connectivity index (χ3n) is 3.76. The van der Waals surface area contributed by atoms with E-state index in [9.17, 15) is 14.7 Å². The summed E-state index contributed by atoms with van der Waals surface area (Å²) in [6.07, 6.45) is 1.06. The summed E-state index contributed by atoms with van der Waals surface area (Å²) in [6, 6.07) is 4.96. The Morgan fingerprint density at radius 1 is 1.33 bits per heavy atom. The largest absolute Gasteiger partial charge is 0.507 e. The quantitative estimate of drug-likeness (QED) is 0.834. The molecule has 0 aromatic heterocycles. The number of hydrogen-bond donors (Lipinski definition) is 2. The molecular formula is C15H19NO4S. The Kier molecular flexibility index (Phi) is 4.77. The summed E-state index contributed by atoms with van der Waals surface area (Å²) < 4.78 is 4.86. The number of nitrogens with one attached hydrogen (secondary N) is 1. The highest BCUT2D eigenvalue weighted by Gasteiger charge is 2.42. The van der Waals surface area contributed by atoms with E-state index in [1.807, 2.05) is 0 Å². The molecule has 1 aliphatic rings. The molecule has 1 saturated heterocycles. The van der Waals surface area contributed by atoms with Gasteiger partial charge in [-0.25, -0.2) is 4.79 Å². The van der Waals surface area contributed by atoms with Gasteiger partial charge in [0.15, 0.2) is 0 Å². The molecule has 1 aliphatic heterocycles. The first-order valence-electron chi connectivity index (χ1n) is 6.77. The summed E-state index contributed by atoms with van der Waals surface area (Å²) in [6.45, 7) is 1.72. The van der Waals surface area contributed by atoms with Gasteiger partial charge in [0.1, 0.15) is 11.3 Å². The fourth-order valence-corrected chi connectivity index (χ4v) is 3.61. The fourth-order valence-electron chi connectivity index (χ4n) is 2.42. The number of aromatic hydroxyl groups is 1. The van der Waals surface area contributed by atoms with Crippen molar-refractivity contribution in [1.29, 1.82) is 0 Å². The Balaban J connectivity index is 2.26. The van der Waals surface area contributed by atoms with Gasteiger partial charge in [0.25, 0.3) is 5.91 Å². The molecular weight excluding hydrogens is 290 g/mol. The van der Waals surface area contributed by atoms with E-state index in [0.717, 1.165) is 11.5 Å². The van der Waals surface area contributed by atoms with E-state index in [4.69, 9.17) is 4.74 Å². The minimum absolute atomic E-state index is 0.0554. The monoisotopic (exact) mass is 309 g/mol. The molecule has 6 heteroatoms. The van der Waals surface area contributed by atoms with Crippen molar-refractivity contribution >= 4 is 23.6 Å². The van der Waals surface area contributed by atoms with E-state index in [-0.39, 0.29) is 11.3 Å². The molecule has 1 fully saturated rings. The van der Waals surface area contributed by atoms with Crippen LogP contribution in [0.1, 0.15) is 28.8 Å². The zero-order valence-corrected chi connectivity index (χ0v) is 13.0. The molecule has 0 radical (unpaired) electrons. The molecule has 1 amide bonds. The van der Waals surface area contributed by atoms with Gasteiger partial charge in [-0.15, -0.1) is 0 Å². The zero-order valence-electron chi connectivity index (χ0n) is 12.1. The highest BCUT2D eigenvalue weighted by atomic mass is 32.2. The third kappa shape index (κ3) is 3.15. The van der Waals surface area contributed by atoms with Crippen molar-refractivity contribution in [3.8, 4) is 5.75 Å². The Hall–Kier alpha value is -1.69. The van der Waals surface area contributed by atoms with Gasteiger partial charge in [-0.1, -0.05) is 12.1 Å². The van der Waals surface area contributed by atoms with E-state index in [1.54, 1.807) is 36.9 Å². The van der Waals surface area contributed by atoms with Crippen molar-refractivity contribution in [1.82, 2.24) is 5.32 Å². The topological polar surface area (TPSA) is 75.6 Å². The van der Waals surface area contributed by atoms with Crippen LogP contribution in [0.25, 0.3) is 0 Å². The van der Waals surface area contributed by atoms with Crippen molar-refractivity contribution in [2.45, 2.75) is 25.3 Å². The van der Waals surface area contributed by atoms with Crippen molar-refractivity contribution < 1.29 is 19.4 Å². The summed E-state index contributed by atoms with van der Waals surface area (Å²) >= 11 is 1.75. The molecule has 0 saturated carbocycles. The number of ether oxygens (including phenoxy) is 1. The second-order valence-electron chi connectivity index (χ2n) is 5.11. The van der Waals surface area contributed by atoms with Crippen LogP contribution in [0.15, 0.2) is 18.2 Å². The molecule has 1 heterocycles. The number of rotatable bonds is 3. The maximum atomic E-state index is 12.4. The zero-order chi connectivity index (χ0) is 15.5. The number of phenolic OH excluding ortho intramolecular Hbond substituents is 1. The minimum Gasteiger partial charge on any atom is -0.507 e. The van der Waals surface area contributed by atoms with Gasteiger partial charge in [0, 0.05) is 0 Å². The number of carbonyl (C=O) groups is 2. The average Bonchev–Trinajstić information content (AvgIpc) is 2.50. The van der Waals surface area contributed by atoms with Crippen LogP contribution >= 0.6 is 11.8 Å². The smallest absolute Gasteiger partial charge is 0.331 e. The van der Waals surface area contributed by atoms with Crippen LogP contribution in [-0.4, -0.2) is 41.1 Å². The summed E-state index contributed by atoms with van der Waals surface area (Å²) in [7, 11) is 1.32. The van der Waals surface area contributed by atoms with Crippen LogP contribution in [0.3, 0.4) is 0 Å². The van der Waals surface area contributed by atoms with Crippen LogP contribution in [-0.2, 0) is 9.53 Å². The number of methoxy groups -OCH3 is 1. The summed E-state index contributed by atoms with van der Waals surface area (Å²) in [5, 5.41) is 12.8. The number of phenols is 1. The van der Waals surface area contributed by atoms with Crippen LogP contribution in [0.2, 0.25) is 0 Å². The van der Waals surface area contributed by atoms with E-state index >= 15 is 0 Å².